The van der Waals surface area contributed by atoms with Crippen LogP contribution in [0, 0.1) is 5.82 Å². The normalized spacial score (nSPS) is 10.2. The molecule has 0 aliphatic heterocycles. The van der Waals surface area contributed by atoms with Crippen LogP contribution in [-0.4, -0.2) is 22.9 Å². The van der Waals surface area contributed by atoms with Gasteiger partial charge in [-0.25, -0.2) is 13.9 Å². The molecule has 0 saturated carbocycles. The second-order valence-electron chi connectivity index (χ2n) is 3.33. The van der Waals surface area contributed by atoms with Crippen molar-refractivity contribution in [3.05, 3.63) is 41.8 Å². The molecule has 0 saturated heterocycles. The Balaban J connectivity index is 2.48. The predicted octanol–water partition coefficient (Wildman–Crippen LogP) is 1.38. The Morgan fingerprint density at radius 1 is 1.53 bits per heavy atom. The van der Waals surface area contributed by atoms with Gasteiger partial charge in [0.25, 0.3) is 0 Å². The lowest BCUT2D eigenvalue weighted by Crippen LogP contribution is -2.07. The number of rotatable bonds is 2. The molecule has 1 aromatic heterocycles. The Morgan fingerprint density at radius 2 is 2.29 bits per heavy atom. The number of nitrogen functional groups attached to an aromatic ring is 1. The second kappa shape index (κ2) is 4.25. The summed E-state index contributed by atoms with van der Waals surface area (Å²) in [6, 6.07) is 5.74. The number of carbonyl (C=O) groups excluding carboxylic acids is 1. The van der Waals surface area contributed by atoms with E-state index in [1.54, 1.807) is 6.07 Å². The van der Waals surface area contributed by atoms with E-state index < -0.39 is 11.8 Å². The number of methoxy groups -OCH3 is 1. The smallest absolute Gasteiger partial charge is 0.343 e. The van der Waals surface area contributed by atoms with Crippen LogP contribution in [0.3, 0.4) is 0 Å². The molecule has 0 amide bonds. The topological polar surface area (TPSA) is 70.1 Å². The summed E-state index contributed by atoms with van der Waals surface area (Å²) in [6.07, 6.45) is 1.28. The van der Waals surface area contributed by atoms with Crippen molar-refractivity contribution >= 4 is 11.8 Å². The number of carbonyl (C=O) groups is 1. The molecule has 0 spiro atoms. The van der Waals surface area contributed by atoms with Crippen molar-refractivity contribution in [2.24, 2.45) is 0 Å². The lowest BCUT2D eigenvalue weighted by Gasteiger charge is -2.04. The standard InChI is InChI=1S/C11H10FN3O2/c1-17-11(16)9-6-14-15(10(9)13)8-4-2-3-7(12)5-8/h2-6H,13H2,1H3. The van der Waals surface area contributed by atoms with E-state index in [1.807, 2.05) is 0 Å². The second-order valence-corrected chi connectivity index (χ2v) is 3.33. The lowest BCUT2D eigenvalue weighted by atomic mass is 10.3. The van der Waals surface area contributed by atoms with Crippen LogP contribution in [0.1, 0.15) is 10.4 Å². The average Bonchev–Trinajstić information content (AvgIpc) is 2.70. The summed E-state index contributed by atoms with van der Waals surface area (Å²) in [5.74, 6) is -0.871. The number of esters is 1. The zero-order chi connectivity index (χ0) is 12.4. The summed E-state index contributed by atoms with van der Waals surface area (Å²) in [6.45, 7) is 0. The highest BCUT2D eigenvalue weighted by atomic mass is 19.1. The summed E-state index contributed by atoms with van der Waals surface area (Å²) in [5.41, 5.74) is 6.33. The number of ether oxygens (including phenoxy) is 1. The maximum atomic E-state index is 13.0. The lowest BCUT2D eigenvalue weighted by molar-refractivity contribution is 0.0602. The molecule has 0 radical (unpaired) electrons. The fourth-order valence-electron chi connectivity index (χ4n) is 1.44. The molecular formula is C11H10FN3O2. The number of halogens is 1. The number of nitrogens with zero attached hydrogens (tertiary/aromatic N) is 2. The van der Waals surface area contributed by atoms with Gasteiger partial charge in [-0.3, -0.25) is 0 Å². The minimum atomic E-state index is -0.579. The third-order valence-corrected chi connectivity index (χ3v) is 2.26. The molecule has 1 heterocycles. The molecule has 0 fully saturated rings. The number of hydrogen-bond donors (Lipinski definition) is 1. The van der Waals surface area contributed by atoms with Crippen LogP contribution in [0.25, 0.3) is 5.69 Å². The Labute approximate surface area is 96.6 Å². The molecule has 1 aromatic carbocycles. The fourth-order valence-corrected chi connectivity index (χ4v) is 1.44. The van der Waals surface area contributed by atoms with Gasteiger partial charge in [0.05, 0.1) is 19.0 Å². The van der Waals surface area contributed by atoms with Crippen molar-refractivity contribution in [2.75, 3.05) is 12.8 Å². The molecule has 2 aromatic rings. The van der Waals surface area contributed by atoms with Crippen LogP contribution in [0.4, 0.5) is 10.2 Å². The van der Waals surface area contributed by atoms with Crippen LogP contribution >= 0.6 is 0 Å². The maximum Gasteiger partial charge on any atom is 0.343 e. The average molecular weight is 235 g/mol. The van der Waals surface area contributed by atoms with Gasteiger partial charge < -0.3 is 10.5 Å². The minimum Gasteiger partial charge on any atom is -0.465 e. The van der Waals surface area contributed by atoms with Gasteiger partial charge in [0.1, 0.15) is 17.2 Å². The summed E-state index contributed by atoms with van der Waals surface area (Å²) in [4.78, 5) is 11.3. The van der Waals surface area contributed by atoms with E-state index in [2.05, 4.69) is 9.84 Å². The largest absolute Gasteiger partial charge is 0.465 e. The van der Waals surface area contributed by atoms with Crippen molar-refractivity contribution in [3.8, 4) is 5.69 Å². The molecule has 0 aliphatic rings. The number of benzene rings is 1. The van der Waals surface area contributed by atoms with Crippen molar-refractivity contribution in [1.82, 2.24) is 9.78 Å². The molecule has 5 nitrogen and oxygen atoms in total. The van der Waals surface area contributed by atoms with Crippen LogP contribution in [0.5, 0.6) is 0 Å². The van der Waals surface area contributed by atoms with Crippen molar-refractivity contribution in [1.29, 1.82) is 0 Å². The molecule has 17 heavy (non-hydrogen) atoms. The highest BCUT2D eigenvalue weighted by Crippen LogP contribution is 2.18. The molecule has 6 heteroatoms. The fraction of sp³-hybridized carbons (Fsp3) is 0.0909. The van der Waals surface area contributed by atoms with Gasteiger partial charge in [-0.15, -0.1) is 0 Å². The first-order chi connectivity index (χ1) is 8.13. The SMILES string of the molecule is COC(=O)c1cnn(-c2cccc(F)c2)c1N. The minimum absolute atomic E-state index is 0.113. The summed E-state index contributed by atoms with van der Waals surface area (Å²) < 4.78 is 18.9. The molecule has 2 rings (SSSR count). The molecular weight excluding hydrogens is 225 g/mol. The molecule has 88 valence electrons. The van der Waals surface area contributed by atoms with E-state index in [4.69, 9.17) is 5.73 Å². The van der Waals surface area contributed by atoms with Gasteiger partial charge in [0.2, 0.25) is 0 Å². The van der Waals surface area contributed by atoms with Crippen LogP contribution in [-0.2, 0) is 4.74 Å². The van der Waals surface area contributed by atoms with Crippen molar-refractivity contribution < 1.29 is 13.9 Å². The zero-order valence-corrected chi connectivity index (χ0v) is 9.05. The predicted molar refractivity (Wildman–Crippen MR) is 59.3 cm³/mol. The van der Waals surface area contributed by atoms with Gasteiger partial charge in [-0.2, -0.15) is 5.10 Å². The Morgan fingerprint density at radius 3 is 2.94 bits per heavy atom. The monoisotopic (exact) mass is 235 g/mol. The Hall–Kier alpha value is -2.37. The number of aromatic nitrogens is 2. The quantitative estimate of drug-likeness (QED) is 0.798. The third-order valence-electron chi connectivity index (χ3n) is 2.26. The number of nitrogens with two attached hydrogens (primary N) is 1. The van der Waals surface area contributed by atoms with Gasteiger partial charge in [-0.1, -0.05) is 6.07 Å². The van der Waals surface area contributed by atoms with Gasteiger partial charge in [0, 0.05) is 0 Å². The van der Waals surface area contributed by atoms with E-state index in [0.717, 1.165) is 0 Å². The zero-order valence-electron chi connectivity index (χ0n) is 9.05. The molecule has 0 atom stereocenters. The first-order valence-corrected chi connectivity index (χ1v) is 4.81. The van der Waals surface area contributed by atoms with E-state index >= 15 is 0 Å². The Bertz CT molecular complexity index is 566. The van der Waals surface area contributed by atoms with Gasteiger partial charge in [0.15, 0.2) is 0 Å². The molecule has 0 bridgehead atoms. The van der Waals surface area contributed by atoms with Crippen molar-refractivity contribution in [3.63, 3.8) is 0 Å². The van der Waals surface area contributed by atoms with Crippen LogP contribution in [0.2, 0.25) is 0 Å². The first kappa shape index (κ1) is 11.1. The van der Waals surface area contributed by atoms with Gasteiger partial charge in [-0.05, 0) is 18.2 Å². The number of anilines is 1. The van der Waals surface area contributed by atoms with Crippen molar-refractivity contribution in [2.45, 2.75) is 0 Å². The molecule has 2 N–H and O–H groups in total. The van der Waals surface area contributed by atoms with E-state index in [1.165, 1.54) is 36.2 Å². The maximum absolute atomic E-state index is 13.0. The van der Waals surface area contributed by atoms with Crippen LogP contribution < -0.4 is 5.73 Å². The highest BCUT2D eigenvalue weighted by Gasteiger charge is 2.16. The summed E-state index contributed by atoms with van der Waals surface area (Å²) >= 11 is 0. The first-order valence-electron chi connectivity index (χ1n) is 4.81. The van der Waals surface area contributed by atoms with E-state index in [0.29, 0.717) is 5.69 Å². The summed E-state index contributed by atoms with van der Waals surface area (Å²) in [7, 11) is 1.25. The Kier molecular flexibility index (Phi) is 2.78. The molecule has 0 unspecified atom stereocenters. The van der Waals surface area contributed by atoms with Gasteiger partial charge >= 0.3 is 5.97 Å². The van der Waals surface area contributed by atoms with Crippen LogP contribution in [0.15, 0.2) is 30.5 Å². The van der Waals surface area contributed by atoms with E-state index in [9.17, 15) is 9.18 Å². The number of hydrogen-bond acceptors (Lipinski definition) is 4. The van der Waals surface area contributed by atoms with E-state index in [-0.39, 0.29) is 11.4 Å². The molecule has 0 aliphatic carbocycles. The highest BCUT2D eigenvalue weighted by molar-refractivity contribution is 5.94. The summed E-state index contributed by atoms with van der Waals surface area (Å²) in [5, 5.41) is 3.92. The third kappa shape index (κ3) is 1.96.